The largest absolute Gasteiger partial charge is 0.463 e. The van der Waals surface area contributed by atoms with Gasteiger partial charge >= 0.3 is 5.97 Å². The third-order valence-corrected chi connectivity index (χ3v) is 5.63. The molecule has 1 aliphatic heterocycles. The zero-order valence-corrected chi connectivity index (χ0v) is 17.9. The number of nitrogens with one attached hydrogen (secondary N) is 1. The molecule has 0 spiro atoms. The third-order valence-electron chi connectivity index (χ3n) is 4.47. The predicted molar refractivity (Wildman–Crippen MR) is 113 cm³/mol. The molecule has 1 N–H and O–H groups in total. The molecule has 0 radical (unpaired) electrons. The predicted octanol–water partition coefficient (Wildman–Crippen LogP) is 5.07. The van der Waals surface area contributed by atoms with Gasteiger partial charge in [-0.05, 0) is 38.0 Å². The molecule has 0 saturated heterocycles. The lowest BCUT2D eigenvalue weighted by Crippen LogP contribution is -2.29. The van der Waals surface area contributed by atoms with Crippen molar-refractivity contribution in [1.29, 1.82) is 0 Å². The van der Waals surface area contributed by atoms with Gasteiger partial charge in [-0.15, -0.1) is 5.10 Å². The molecule has 3 rings (SSSR count). The number of unbranched alkanes of at least 4 members (excludes halogenated alkanes) is 2. The minimum absolute atomic E-state index is 0.306. The van der Waals surface area contributed by atoms with E-state index in [1.165, 1.54) is 12.8 Å². The van der Waals surface area contributed by atoms with Crippen molar-refractivity contribution in [3.05, 3.63) is 46.1 Å². The van der Waals surface area contributed by atoms with Gasteiger partial charge in [0.15, 0.2) is 0 Å². The highest BCUT2D eigenvalue weighted by Crippen LogP contribution is 2.37. The molecular weight excluding hydrogens is 396 g/mol. The van der Waals surface area contributed by atoms with Gasteiger partial charge in [0.1, 0.15) is 6.04 Å². The van der Waals surface area contributed by atoms with Crippen LogP contribution in [-0.2, 0) is 9.53 Å². The molecule has 0 bridgehead atoms. The van der Waals surface area contributed by atoms with E-state index in [2.05, 4.69) is 22.3 Å². The first-order valence-corrected chi connectivity index (χ1v) is 10.9. The molecule has 0 amide bonds. The highest BCUT2D eigenvalue weighted by atomic mass is 35.5. The number of benzene rings is 1. The first kappa shape index (κ1) is 20.7. The van der Waals surface area contributed by atoms with Crippen LogP contribution < -0.4 is 5.32 Å². The van der Waals surface area contributed by atoms with Crippen LogP contribution in [0.25, 0.3) is 0 Å². The number of anilines is 1. The van der Waals surface area contributed by atoms with Gasteiger partial charge in [0.05, 0.1) is 12.2 Å². The molecule has 1 aliphatic rings. The van der Waals surface area contributed by atoms with Gasteiger partial charge in [-0.25, -0.2) is 9.48 Å². The summed E-state index contributed by atoms with van der Waals surface area (Å²) in [6.45, 7) is 6.14. The summed E-state index contributed by atoms with van der Waals surface area (Å²) < 4.78 is 7.07. The van der Waals surface area contributed by atoms with Crippen molar-refractivity contribution < 1.29 is 9.53 Å². The lowest BCUT2D eigenvalue weighted by molar-refractivity contribution is -0.139. The number of hydrogen-bond donors (Lipinski definition) is 1. The second kappa shape index (κ2) is 9.47. The maximum Gasteiger partial charge on any atom is 0.338 e. The monoisotopic (exact) mass is 420 g/mol. The van der Waals surface area contributed by atoms with Gasteiger partial charge < -0.3 is 10.1 Å². The van der Waals surface area contributed by atoms with Crippen LogP contribution in [0, 0.1) is 0 Å². The molecule has 0 unspecified atom stereocenters. The molecule has 2 heterocycles. The van der Waals surface area contributed by atoms with E-state index >= 15 is 0 Å². The van der Waals surface area contributed by atoms with Crippen molar-refractivity contribution in [2.75, 3.05) is 17.7 Å². The van der Waals surface area contributed by atoms with Crippen LogP contribution in [0.5, 0.6) is 0 Å². The topological polar surface area (TPSA) is 69.0 Å². The van der Waals surface area contributed by atoms with E-state index in [4.69, 9.17) is 16.3 Å². The van der Waals surface area contributed by atoms with Gasteiger partial charge in [0.25, 0.3) is 0 Å². The Labute approximate surface area is 174 Å². The van der Waals surface area contributed by atoms with Crippen LogP contribution in [0.1, 0.15) is 51.6 Å². The summed E-state index contributed by atoms with van der Waals surface area (Å²) in [5.41, 5.74) is 2.10. The summed E-state index contributed by atoms with van der Waals surface area (Å²) in [5, 5.41) is 9.19. The second-order valence-corrected chi connectivity index (χ2v) is 8.06. The van der Waals surface area contributed by atoms with E-state index in [9.17, 15) is 4.79 Å². The molecule has 1 aromatic heterocycles. The Hall–Kier alpha value is -1.99. The first-order valence-electron chi connectivity index (χ1n) is 9.54. The Morgan fingerprint density at radius 1 is 1.36 bits per heavy atom. The zero-order valence-electron chi connectivity index (χ0n) is 16.4. The number of nitrogens with zero attached hydrogens (tertiary/aromatic N) is 3. The van der Waals surface area contributed by atoms with Gasteiger partial charge in [0.2, 0.25) is 11.1 Å². The highest BCUT2D eigenvalue weighted by molar-refractivity contribution is 7.99. The normalized spacial score (nSPS) is 15.9. The Morgan fingerprint density at radius 3 is 2.89 bits per heavy atom. The Morgan fingerprint density at radius 2 is 2.18 bits per heavy atom. The quantitative estimate of drug-likeness (QED) is 0.365. The van der Waals surface area contributed by atoms with Crippen LogP contribution in [-0.4, -0.2) is 33.1 Å². The van der Waals surface area contributed by atoms with Gasteiger partial charge in [-0.1, -0.05) is 55.3 Å². The molecule has 2 aromatic rings. The van der Waals surface area contributed by atoms with Crippen LogP contribution in [0.15, 0.2) is 40.7 Å². The maximum atomic E-state index is 12.7. The summed E-state index contributed by atoms with van der Waals surface area (Å²) in [5.74, 6) is 1.22. The number of thioether (sulfide) groups is 1. The molecule has 8 heteroatoms. The molecule has 1 aromatic carbocycles. The number of ether oxygens (including phenoxy) is 1. The molecular formula is C20H25ClN4O2S. The van der Waals surface area contributed by atoms with Crippen LogP contribution in [0.3, 0.4) is 0 Å². The zero-order chi connectivity index (χ0) is 20.1. The fourth-order valence-electron chi connectivity index (χ4n) is 3.17. The van der Waals surface area contributed by atoms with Crippen LogP contribution in [0.4, 0.5) is 5.95 Å². The van der Waals surface area contributed by atoms with Crippen molar-refractivity contribution >= 4 is 35.3 Å². The second-order valence-electron chi connectivity index (χ2n) is 6.56. The van der Waals surface area contributed by atoms with Crippen molar-refractivity contribution in [1.82, 2.24) is 14.8 Å². The lowest BCUT2D eigenvalue weighted by atomic mass is 9.96. The number of fused-ring (bicyclic) bond motifs is 1. The number of allylic oxidation sites excluding steroid dienone is 1. The molecule has 28 heavy (non-hydrogen) atoms. The van der Waals surface area contributed by atoms with E-state index in [-0.39, 0.29) is 5.97 Å². The number of carbonyl (C=O) groups excluding carboxylic acids is 1. The molecule has 0 aliphatic carbocycles. The summed E-state index contributed by atoms with van der Waals surface area (Å²) in [6.07, 6.45) is 3.50. The fourth-order valence-corrected chi connectivity index (χ4v) is 4.19. The Bertz CT molecular complexity index is 881. The maximum absolute atomic E-state index is 12.7. The van der Waals surface area contributed by atoms with Gasteiger partial charge in [0, 0.05) is 16.5 Å². The van der Waals surface area contributed by atoms with Crippen LogP contribution >= 0.6 is 23.4 Å². The summed E-state index contributed by atoms with van der Waals surface area (Å²) in [6, 6.07) is 7.03. The first-order chi connectivity index (χ1) is 13.5. The molecule has 6 nitrogen and oxygen atoms in total. The third kappa shape index (κ3) is 4.52. The molecule has 0 saturated carbocycles. The SMILES string of the molecule is CCCCCSc1nc2n(n1)[C@@H](c1cccc(Cl)c1)C(C(=O)OCC)=C(C)N2. The number of aromatic nitrogens is 3. The average molecular weight is 421 g/mol. The van der Waals surface area contributed by atoms with E-state index in [1.807, 2.05) is 31.2 Å². The molecule has 1 atom stereocenters. The number of carbonyl (C=O) groups is 1. The highest BCUT2D eigenvalue weighted by Gasteiger charge is 2.35. The minimum atomic E-state index is -0.438. The van der Waals surface area contributed by atoms with Crippen molar-refractivity contribution in [3.63, 3.8) is 0 Å². The fraction of sp³-hybridized carbons (Fsp3) is 0.450. The van der Waals surface area contributed by atoms with Gasteiger partial charge in [-0.3, -0.25) is 0 Å². The summed E-state index contributed by atoms with van der Waals surface area (Å²) >= 11 is 7.85. The minimum Gasteiger partial charge on any atom is -0.463 e. The van der Waals surface area contributed by atoms with E-state index in [0.717, 1.165) is 17.7 Å². The average Bonchev–Trinajstić information content (AvgIpc) is 3.06. The van der Waals surface area contributed by atoms with Crippen LogP contribution in [0.2, 0.25) is 5.02 Å². The van der Waals surface area contributed by atoms with E-state index in [1.54, 1.807) is 23.4 Å². The standard InChI is InChI=1S/C20H25ClN4O2S/c1-4-6-7-11-28-20-23-19-22-13(3)16(18(26)27-5-2)17(25(19)24-20)14-9-8-10-15(21)12-14/h8-10,12,17H,4-7,11H2,1-3H3,(H,22,23,24)/t17-/m0/s1. The lowest BCUT2D eigenvalue weighted by Gasteiger charge is -2.28. The van der Waals surface area contributed by atoms with Crippen molar-refractivity contribution in [2.24, 2.45) is 0 Å². The van der Waals surface area contributed by atoms with Gasteiger partial charge in [-0.2, -0.15) is 4.98 Å². The molecule has 150 valence electrons. The number of rotatable bonds is 8. The summed E-state index contributed by atoms with van der Waals surface area (Å²) in [7, 11) is 0. The Kier molecular flexibility index (Phi) is 7.02. The number of halogens is 1. The van der Waals surface area contributed by atoms with Crippen molar-refractivity contribution in [2.45, 2.75) is 51.2 Å². The van der Waals surface area contributed by atoms with E-state index < -0.39 is 6.04 Å². The number of hydrogen-bond acceptors (Lipinski definition) is 6. The number of esters is 1. The smallest absolute Gasteiger partial charge is 0.338 e. The van der Waals surface area contributed by atoms with Crippen molar-refractivity contribution in [3.8, 4) is 0 Å². The molecule has 0 fully saturated rings. The van der Waals surface area contributed by atoms with E-state index in [0.29, 0.717) is 34.0 Å². The Balaban J connectivity index is 1.98. The summed E-state index contributed by atoms with van der Waals surface area (Å²) in [4.78, 5) is 17.3.